The highest BCUT2D eigenvalue weighted by atomic mass is 32.2. The second kappa shape index (κ2) is 14.0. The molecule has 0 bridgehead atoms. The van der Waals surface area contributed by atoms with E-state index in [0.29, 0.717) is 6.54 Å². The SMILES string of the molecule is CC(=O)c1cccc(N(CC(=O)N(Cc2ccccc2F)C(Cc2ccccc2)C(=O)NCC(C)C)S(C)(=O)=O)c1. The molecule has 0 saturated carbocycles. The molecule has 1 N–H and O–H groups in total. The van der Waals surface area contributed by atoms with Gasteiger partial charge in [0, 0.05) is 30.6 Å². The number of anilines is 1. The van der Waals surface area contributed by atoms with Gasteiger partial charge in [0.2, 0.25) is 21.8 Å². The van der Waals surface area contributed by atoms with Crippen molar-refractivity contribution >= 4 is 33.3 Å². The molecule has 0 aliphatic heterocycles. The van der Waals surface area contributed by atoms with E-state index in [4.69, 9.17) is 0 Å². The predicted molar refractivity (Wildman–Crippen MR) is 157 cm³/mol. The molecular formula is C31H36FN3O5S. The molecule has 0 heterocycles. The minimum Gasteiger partial charge on any atom is -0.354 e. The molecule has 1 unspecified atom stereocenters. The Morgan fingerprint density at radius 1 is 0.927 bits per heavy atom. The maximum atomic E-state index is 14.8. The van der Waals surface area contributed by atoms with Gasteiger partial charge in [-0.15, -0.1) is 0 Å². The van der Waals surface area contributed by atoms with Gasteiger partial charge in [-0.2, -0.15) is 0 Å². The third kappa shape index (κ3) is 8.97. The van der Waals surface area contributed by atoms with Crippen molar-refractivity contribution in [3.05, 3.63) is 101 Å². The van der Waals surface area contributed by atoms with Crippen LogP contribution < -0.4 is 9.62 Å². The van der Waals surface area contributed by atoms with Gasteiger partial charge in [0.05, 0.1) is 11.9 Å². The lowest BCUT2D eigenvalue weighted by Gasteiger charge is -2.33. The number of Topliss-reactive ketones (excluding diaryl/α,β-unsaturated/α-hetero) is 1. The van der Waals surface area contributed by atoms with E-state index in [0.717, 1.165) is 16.1 Å². The van der Waals surface area contributed by atoms with Crippen molar-refractivity contribution in [3.8, 4) is 0 Å². The highest BCUT2D eigenvalue weighted by molar-refractivity contribution is 7.92. The number of amides is 2. The predicted octanol–water partition coefficient (Wildman–Crippen LogP) is 4.21. The number of hydrogen-bond acceptors (Lipinski definition) is 5. The lowest BCUT2D eigenvalue weighted by atomic mass is 10.0. The van der Waals surface area contributed by atoms with Crippen LogP contribution in [0.15, 0.2) is 78.9 Å². The first-order valence-electron chi connectivity index (χ1n) is 13.3. The lowest BCUT2D eigenvalue weighted by Crippen LogP contribution is -2.53. The van der Waals surface area contributed by atoms with E-state index in [1.165, 1.54) is 48.2 Å². The number of halogens is 1. The van der Waals surface area contributed by atoms with E-state index in [1.54, 1.807) is 12.1 Å². The maximum absolute atomic E-state index is 14.8. The molecule has 3 aromatic rings. The van der Waals surface area contributed by atoms with Gasteiger partial charge in [0.15, 0.2) is 5.78 Å². The fourth-order valence-corrected chi connectivity index (χ4v) is 5.12. The second-order valence-electron chi connectivity index (χ2n) is 10.3. The topological polar surface area (TPSA) is 104 Å². The second-order valence-corrected chi connectivity index (χ2v) is 12.2. The monoisotopic (exact) mass is 581 g/mol. The first kappa shape index (κ1) is 31.5. The molecular weight excluding hydrogens is 545 g/mol. The lowest BCUT2D eigenvalue weighted by molar-refractivity contribution is -0.140. The maximum Gasteiger partial charge on any atom is 0.244 e. The van der Waals surface area contributed by atoms with Crippen molar-refractivity contribution in [3.63, 3.8) is 0 Å². The van der Waals surface area contributed by atoms with Crippen LogP contribution in [-0.4, -0.2) is 56.3 Å². The molecule has 0 saturated heterocycles. The van der Waals surface area contributed by atoms with Crippen LogP contribution in [0, 0.1) is 11.7 Å². The van der Waals surface area contributed by atoms with Gasteiger partial charge >= 0.3 is 0 Å². The molecule has 0 aliphatic carbocycles. The van der Waals surface area contributed by atoms with Crippen LogP contribution in [0.2, 0.25) is 0 Å². The number of benzene rings is 3. The molecule has 2 amide bonds. The smallest absolute Gasteiger partial charge is 0.244 e. The Balaban J connectivity index is 2.08. The molecule has 0 fully saturated rings. The Kier molecular flexibility index (Phi) is 10.8. The molecule has 3 rings (SSSR count). The van der Waals surface area contributed by atoms with Crippen LogP contribution >= 0.6 is 0 Å². The minimum absolute atomic E-state index is 0.128. The van der Waals surface area contributed by atoms with E-state index < -0.39 is 40.2 Å². The summed E-state index contributed by atoms with van der Waals surface area (Å²) in [5.74, 6) is -1.82. The molecule has 0 aliphatic rings. The van der Waals surface area contributed by atoms with Crippen LogP contribution in [0.4, 0.5) is 10.1 Å². The van der Waals surface area contributed by atoms with Gasteiger partial charge in [0.1, 0.15) is 18.4 Å². The van der Waals surface area contributed by atoms with Gasteiger partial charge < -0.3 is 10.2 Å². The fraction of sp³-hybridized carbons (Fsp3) is 0.323. The minimum atomic E-state index is -4.00. The summed E-state index contributed by atoms with van der Waals surface area (Å²) in [7, 11) is -4.00. The molecule has 218 valence electrons. The Morgan fingerprint density at radius 2 is 1.59 bits per heavy atom. The highest BCUT2D eigenvalue weighted by Crippen LogP contribution is 2.22. The molecule has 10 heteroatoms. The number of sulfonamides is 1. The number of carbonyl (C=O) groups is 3. The largest absolute Gasteiger partial charge is 0.354 e. The van der Waals surface area contributed by atoms with Crippen molar-refractivity contribution in [2.24, 2.45) is 5.92 Å². The highest BCUT2D eigenvalue weighted by Gasteiger charge is 2.33. The van der Waals surface area contributed by atoms with E-state index in [-0.39, 0.29) is 41.5 Å². The fourth-order valence-electron chi connectivity index (χ4n) is 4.28. The Morgan fingerprint density at radius 3 is 2.20 bits per heavy atom. The summed E-state index contributed by atoms with van der Waals surface area (Å²) in [6.45, 7) is 4.68. The zero-order valence-electron chi connectivity index (χ0n) is 23.7. The van der Waals surface area contributed by atoms with Crippen molar-refractivity contribution in [1.82, 2.24) is 10.2 Å². The normalized spacial score (nSPS) is 12.0. The van der Waals surface area contributed by atoms with Gasteiger partial charge in [-0.05, 0) is 36.6 Å². The molecule has 8 nitrogen and oxygen atoms in total. The molecule has 0 radical (unpaired) electrons. The van der Waals surface area contributed by atoms with Crippen LogP contribution in [0.5, 0.6) is 0 Å². The standard InChI is InChI=1S/C31H36FN3O5S/c1-22(2)19-33-31(38)29(17-24-11-6-5-7-12-24)34(20-26-13-8-9-16-28(26)32)30(37)21-35(41(4,39)40)27-15-10-14-25(18-27)23(3)36/h5-16,18,22,29H,17,19-21H2,1-4H3,(H,33,38). The van der Waals surface area contributed by atoms with Crippen molar-refractivity contribution in [2.45, 2.75) is 39.8 Å². The zero-order chi connectivity index (χ0) is 30.2. The van der Waals surface area contributed by atoms with E-state index in [2.05, 4.69) is 5.32 Å². The van der Waals surface area contributed by atoms with Crippen molar-refractivity contribution in [1.29, 1.82) is 0 Å². The molecule has 41 heavy (non-hydrogen) atoms. The summed E-state index contributed by atoms with van der Waals surface area (Å²) in [5.41, 5.74) is 1.36. The van der Waals surface area contributed by atoms with E-state index in [9.17, 15) is 27.2 Å². The molecule has 0 spiro atoms. The third-order valence-electron chi connectivity index (χ3n) is 6.47. The number of ketones is 1. The number of nitrogens with zero attached hydrogens (tertiary/aromatic N) is 2. The summed E-state index contributed by atoms with van der Waals surface area (Å²) in [4.78, 5) is 40.8. The third-order valence-corrected chi connectivity index (χ3v) is 7.61. The summed E-state index contributed by atoms with van der Waals surface area (Å²) in [5, 5.41) is 2.88. The van der Waals surface area contributed by atoms with Crippen LogP contribution in [0.1, 0.15) is 42.3 Å². The van der Waals surface area contributed by atoms with Crippen LogP contribution in [0.3, 0.4) is 0 Å². The van der Waals surface area contributed by atoms with Gasteiger partial charge in [0.25, 0.3) is 0 Å². The number of hydrogen-bond donors (Lipinski definition) is 1. The average molecular weight is 582 g/mol. The zero-order valence-corrected chi connectivity index (χ0v) is 24.5. The van der Waals surface area contributed by atoms with Crippen LogP contribution in [0.25, 0.3) is 0 Å². The van der Waals surface area contributed by atoms with Gasteiger partial charge in [-0.1, -0.05) is 74.5 Å². The summed E-state index contributed by atoms with van der Waals surface area (Å²) < 4.78 is 41.5. The van der Waals surface area contributed by atoms with Gasteiger partial charge in [-0.25, -0.2) is 12.8 Å². The molecule has 3 aromatic carbocycles. The van der Waals surface area contributed by atoms with Crippen LogP contribution in [-0.2, 0) is 32.6 Å². The first-order chi connectivity index (χ1) is 19.4. The summed E-state index contributed by atoms with van der Waals surface area (Å²) in [6, 6.07) is 19.9. The van der Waals surface area contributed by atoms with Gasteiger partial charge in [-0.3, -0.25) is 18.7 Å². The van der Waals surface area contributed by atoms with E-state index in [1.807, 2.05) is 44.2 Å². The average Bonchev–Trinajstić information content (AvgIpc) is 2.93. The molecule has 1 atom stereocenters. The Labute approximate surface area is 241 Å². The Hall–Kier alpha value is -4.05. The quantitative estimate of drug-likeness (QED) is 0.305. The van der Waals surface area contributed by atoms with Crippen molar-refractivity contribution < 1.29 is 27.2 Å². The Bertz CT molecular complexity index is 1480. The summed E-state index contributed by atoms with van der Waals surface area (Å²) >= 11 is 0. The number of rotatable bonds is 13. The first-order valence-corrected chi connectivity index (χ1v) is 15.1. The summed E-state index contributed by atoms with van der Waals surface area (Å²) in [6.07, 6.45) is 1.09. The number of nitrogens with one attached hydrogen (secondary N) is 1. The number of carbonyl (C=O) groups excluding carboxylic acids is 3. The molecule has 0 aromatic heterocycles. The van der Waals surface area contributed by atoms with E-state index >= 15 is 0 Å². The van der Waals surface area contributed by atoms with Crippen molar-refractivity contribution in [2.75, 3.05) is 23.7 Å².